The lowest BCUT2D eigenvalue weighted by atomic mass is 10.1. The van der Waals surface area contributed by atoms with Gasteiger partial charge in [0.1, 0.15) is 28.6 Å². The Balaban J connectivity index is 1.46. The molecule has 4 heterocycles. The second kappa shape index (κ2) is 8.02. The van der Waals surface area contributed by atoms with Gasteiger partial charge in [0.25, 0.3) is 5.91 Å². The lowest BCUT2D eigenvalue weighted by Gasteiger charge is -2.31. The minimum absolute atomic E-state index is 0.0960. The fourth-order valence-electron chi connectivity index (χ4n) is 5.12. The third kappa shape index (κ3) is 3.48. The fourth-order valence-corrected chi connectivity index (χ4v) is 5.12. The highest BCUT2D eigenvalue weighted by Crippen LogP contribution is 2.30. The number of aromatic nitrogens is 5. The molecule has 3 N–H and O–H groups in total. The van der Waals surface area contributed by atoms with Crippen LogP contribution in [0.4, 0.5) is 10.2 Å². The van der Waals surface area contributed by atoms with E-state index in [4.69, 9.17) is 5.73 Å². The van der Waals surface area contributed by atoms with Crippen LogP contribution in [0, 0.1) is 12.7 Å². The first-order chi connectivity index (χ1) is 16.9. The molecule has 4 aromatic heterocycles. The SMILES string of the molecule is Cc1ncc2c(N)nc3cc(F)c(C(=O)N(Cc4cn5ccccc5n4)C4CCCC4O)cc3n12. The van der Waals surface area contributed by atoms with E-state index in [1.54, 1.807) is 22.4 Å². The Morgan fingerprint density at radius 2 is 2.11 bits per heavy atom. The van der Waals surface area contributed by atoms with Gasteiger partial charge in [-0.15, -0.1) is 0 Å². The number of hydrogen-bond acceptors (Lipinski definition) is 6. The number of pyridine rings is 1. The first kappa shape index (κ1) is 21.5. The molecule has 178 valence electrons. The molecule has 2 atom stereocenters. The second-order valence-electron chi connectivity index (χ2n) is 9.04. The molecule has 1 fully saturated rings. The van der Waals surface area contributed by atoms with Crippen LogP contribution in [0.25, 0.3) is 22.2 Å². The number of rotatable bonds is 4. The van der Waals surface area contributed by atoms with Crippen LogP contribution in [0.15, 0.2) is 48.9 Å². The summed E-state index contributed by atoms with van der Waals surface area (Å²) >= 11 is 0. The molecule has 1 aliphatic rings. The van der Waals surface area contributed by atoms with Gasteiger partial charge in [0, 0.05) is 18.5 Å². The van der Waals surface area contributed by atoms with Gasteiger partial charge >= 0.3 is 0 Å². The molecule has 1 amide bonds. The van der Waals surface area contributed by atoms with Crippen molar-refractivity contribution in [3.63, 3.8) is 0 Å². The molecule has 10 heteroatoms. The molecule has 5 aromatic rings. The van der Waals surface area contributed by atoms with E-state index >= 15 is 4.39 Å². The number of imidazole rings is 2. The van der Waals surface area contributed by atoms with Gasteiger partial charge < -0.3 is 20.1 Å². The molecule has 0 spiro atoms. The summed E-state index contributed by atoms with van der Waals surface area (Å²) in [6.07, 6.45) is 6.67. The molecular weight excluding hydrogens is 449 g/mol. The molecule has 0 saturated heterocycles. The highest BCUT2D eigenvalue weighted by molar-refractivity contribution is 5.98. The summed E-state index contributed by atoms with van der Waals surface area (Å²) in [5.74, 6) is -0.315. The lowest BCUT2D eigenvalue weighted by Crippen LogP contribution is -2.44. The van der Waals surface area contributed by atoms with Crippen molar-refractivity contribution < 1.29 is 14.3 Å². The molecule has 9 nitrogen and oxygen atoms in total. The van der Waals surface area contributed by atoms with Crippen molar-refractivity contribution in [2.45, 2.75) is 44.9 Å². The number of aliphatic hydroxyl groups excluding tert-OH is 1. The Morgan fingerprint density at radius 3 is 2.89 bits per heavy atom. The van der Waals surface area contributed by atoms with E-state index in [1.165, 1.54) is 12.1 Å². The summed E-state index contributed by atoms with van der Waals surface area (Å²) in [5, 5.41) is 10.6. The molecule has 1 aliphatic carbocycles. The zero-order valence-electron chi connectivity index (χ0n) is 19.1. The zero-order chi connectivity index (χ0) is 24.3. The van der Waals surface area contributed by atoms with E-state index in [9.17, 15) is 9.90 Å². The minimum Gasteiger partial charge on any atom is -0.391 e. The van der Waals surface area contributed by atoms with Crippen molar-refractivity contribution in [1.29, 1.82) is 0 Å². The highest BCUT2D eigenvalue weighted by Gasteiger charge is 2.35. The van der Waals surface area contributed by atoms with Gasteiger partial charge in [0.05, 0.1) is 47.2 Å². The molecule has 0 radical (unpaired) electrons. The lowest BCUT2D eigenvalue weighted by molar-refractivity contribution is 0.0424. The summed E-state index contributed by atoms with van der Waals surface area (Å²) in [7, 11) is 0. The Labute approximate surface area is 199 Å². The van der Waals surface area contributed by atoms with Crippen LogP contribution in [0.2, 0.25) is 0 Å². The first-order valence-electron chi connectivity index (χ1n) is 11.5. The number of nitrogens with zero attached hydrogens (tertiary/aromatic N) is 6. The number of halogens is 1. The number of aryl methyl sites for hydroxylation is 1. The van der Waals surface area contributed by atoms with Gasteiger partial charge in [-0.25, -0.2) is 19.3 Å². The maximum atomic E-state index is 15.3. The summed E-state index contributed by atoms with van der Waals surface area (Å²) < 4.78 is 19.0. The second-order valence-corrected chi connectivity index (χ2v) is 9.04. The minimum atomic E-state index is -0.695. The van der Waals surface area contributed by atoms with Gasteiger partial charge in [0.15, 0.2) is 0 Å². The predicted octanol–water partition coefficient (Wildman–Crippen LogP) is 3.12. The topological polar surface area (TPSA) is 114 Å². The van der Waals surface area contributed by atoms with Crippen LogP contribution < -0.4 is 5.73 Å². The van der Waals surface area contributed by atoms with E-state index in [-0.39, 0.29) is 17.9 Å². The Bertz CT molecular complexity index is 1580. The Morgan fingerprint density at radius 1 is 1.26 bits per heavy atom. The number of carbonyl (C=O) groups is 1. The van der Waals surface area contributed by atoms with E-state index < -0.39 is 23.9 Å². The normalized spacial score (nSPS) is 18.1. The summed E-state index contributed by atoms with van der Waals surface area (Å²) in [5.41, 5.74) is 8.81. The third-order valence-corrected chi connectivity index (χ3v) is 6.83. The first-order valence-corrected chi connectivity index (χ1v) is 11.5. The van der Waals surface area contributed by atoms with E-state index in [0.29, 0.717) is 40.9 Å². The number of anilines is 1. The van der Waals surface area contributed by atoms with E-state index in [2.05, 4.69) is 15.0 Å². The van der Waals surface area contributed by atoms with Crippen molar-refractivity contribution >= 4 is 33.9 Å². The predicted molar refractivity (Wildman–Crippen MR) is 128 cm³/mol. The molecule has 6 rings (SSSR count). The Hall–Kier alpha value is -4.05. The molecule has 0 aliphatic heterocycles. The summed E-state index contributed by atoms with van der Waals surface area (Å²) in [6, 6.07) is 7.96. The quantitative estimate of drug-likeness (QED) is 0.415. The third-order valence-electron chi connectivity index (χ3n) is 6.83. The van der Waals surface area contributed by atoms with Gasteiger partial charge in [-0.1, -0.05) is 6.07 Å². The number of fused-ring (bicyclic) bond motifs is 4. The van der Waals surface area contributed by atoms with Gasteiger partial charge in [0.2, 0.25) is 0 Å². The smallest absolute Gasteiger partial charge is 0.257 e. The number of carbonyl (C=O) groups excluding carboxylic acids is 1. The monoisotopic (exact) mass is 473 g/mol. The maximum Gasteiger partial charge on any atom is 0.257 e. The number of aliphatic hydroxyl groups is 1. The van der Waals surface area contributed by atoms with Crippen LogP contribution in [0.1, 0.15) is 41.1 Å². The standard InChI is InChI=1S/C25H24FN7O2/c1-14-28-11-21-24(27)30-18-10-17(26)16(9-20(18)33(14)21)25(35)32(19-5-4-6-22(19)34)13-15-12-31-8-3-2-7-23(31)29-15/h2-3,7-12,19,22,34H,4-6,13H2,1H3,(H2,27,30). The molecule has 1 aromatic carbocycles. The van der Waals surface area contributed by atoms with Crippen molar-refractivity contribution in [3.8, 4) is 0 Å². The van der Waals surface area contributed by atoms with Crippen molar-refractivity contribution in [3.05, 3.63) is 71.8 Å². The summed E-state index contributed by atoms with van der Waals surface area (Å²) in [4.78, 5) is 28.6. The highest BCUT2D eigenvalue weighted by atomic mass is 19.1. The number of benzene rings is 1. The molecule has 35 heavy (non-hydrogen) atoms. The van der Waals surface area contributed by atoms with Crippen LogP contribution in [-0.2, 0) is 6.54 Å². The van der Waals surface area contributed by atoms with Crippen molar-refractivity contribution in [1.82, 2.24) is 28.7 Å². The van der Waals surface area contributed by atoms with Crippen LogP contribution in [-0.4, -0.2) is 51.8 Å². The molecule has 1 saturated carbocycles. The van der Waals surface area contributed by atoms with E-state index in [0.717, 1.165) is 12.1 Å². The summed E-state index contributed by atoms with van der Waals surface area (Å²) in [6.45, 7) is 1.96. The van der Waals surface area contributed by atoms with Crippen LogP contribution in [0.3, 0.4) is 0 Å². The fraction of sp³-hybridized carbons (Fsp3) is 0.280. The average molecular weight is 474 g/mol. The van der Waals surface area contributed by atoms with Gasteiger partial charge in [-0.2, -0.15) is 0 Å². The molecule has 0 bridgehead atoms. The van der Waals surface area contributed by atoms with Crippen molar-refractivity contribution in [2.24, 2.45) is 0 Å². The Kier molecular flexibility index (Phi) is 4.92. The van der Waals surface area contributed by atoms with E-state index in [1.807, 2.05) is 35.0 Å². The van der Waals surface area contributed by atoms with Crippen LogP contribution in [0.5, 0.6) is 0 Å². The number of hydrogen-bond donors (Lipinski definition) is 2. The molecular formula is C25H24FN7O2. The zero-order valence-corrected chi connectivity index (χ0v) is 19.1. The van der Waals surface area contributed by atoms with Gasteiger partial charge in [-0.3, -0.25) is 9.20 Å². The maximum absolute atomic E-state index is 15.3. The largest absolute Gasteiger partial charge is 0.391 e. The van der Waals surface area contributed by atoms with Gasteiger partial charge in [-0.05, 0) is 44.4 Å². The molecule has 2 unspecified atom stereocenters. The number of nitrogens with two attached hydrogens (primary N) is 1. The number of nitrogen functional groups attached to an aromatic ring is 1. The van der Waals surface area contributed by atoms with Crippen LogP contribution >= 0.6 is 0 Å². The number of amides is 1. The average Bonchev–Trinajstić information content (AvgIpc) is 3.55. The van der Waals surface area contributed by atoms with Crippen molar-refractivity contribution in [2.75, 3.05) is 5.73 Å².